The van der Waals surface area contributed by atoms with Gasteiger partial charge < -0.3 is 0 Å². The topological polar surface area (TPSA) is 33.5 Å². The van der Waals surface area contributed by atoms with Crippen LogP contribution in [0.5, 0.6) is 0 Å². The second kappa shape index (κ2) is 11.6. The maximum absolute atomic E-state index is 10.1. The Hall–Kier alpha value is -2.97. The SMILES string of the molecule is N#CC1CN(Cc2ccccc2)CCN(Cc2ccccc2)CCN1Cc1ccccc1. The van der Waals surface area contributed by atoms with Gasteiger partial charge in [-0.25, -0.2) is 0 Å². The van der Waals surface area contributed by atoms with Crippen LogP contribution < -0.4 is 0 Å². The summed E-state index contributed by atoms with van der Waals surface area (Å²) in [5.41, 5.74) is 3.90. The highest BCUT2D eigenvalue weighted by Crippen LogP contribution is 2.15. The van der Waals surface area contributed by atoms with Gasteiger partial charge in [0.2, 0.25) is 0 Å². The molecular formula is C28H32N4. The Balaban J connectivity index is 1.54. The van der Waals surface area contributed by atoms with Crippen LogP contribution in [0.3, 0.4) is 0 Å². The van der Waals surface area contributed by atoms with E-state index >= 15 is 0 Å². The minimum atomic E-state index is -0.129. The molecule has 1 atom stereocenters. The van der Waals surface area contributed by atoms with Gasteiger partial charge in [0, 0.05) is 52.4 Å². The molecule has 0 amide bonds. The Morgan fingerprint density at radius 1 is 0.594 bits per heavy atom. The predicted molar refractivity (Wildman–Crippen MR) is 130 cm³/mol. The maximum Gasteiger partial charge on any atom is 0.111 e. The molecule has 0 N–H and O–H groups in total. The standard InChI is InChI=1S/C28H32N4/c29-20-28-24-31(22-26-12-6-2-7-13-26)17-16-30(21-25-10-4-1-5-11-25)18-19-32(28)23-27-14-8-3-9-15-27/h1-15,28H,16-19,21-24H2. The fourth-order valence-corrected chi connectivity index (χ4v) is 4.39. The number of nitrogens with zero attached hydrogens (tertiary/aromatic N) is 4. The molecule has 0 spiro atoms. The minimum absolute atomic E-state index is 0.129. The largest absolute Gasteiger partial charge is 0.297 e. The van der Waals surface area contributed by atoms with E-state index in [-0.39, 0.29) is 6.04 Å². The molecule has 1 aliphatic heterocycles. The van der Waals surface area contributed by atoms with Crippen molar-refractivity contribution in [3.8, 4) is 6.07 Å². The number of hydrogen-bond acceptors (Lipinski definition) is 4. The zero-order chi connectivity index (χ0) is 22.0. The fraction of sp³-hybridized carbons (Fsp3) is 0.321. The molecular weight excluding hydrogens is 392 g/mol. The van der Waals surface area contributed by atoms with Gasteiger partial charge in [0.15, 0.2) is 0 Å². The van der Waals surface area contributed by atoms with E-state index < -0.39 is 0 Å². The smallest absolute Gasteiger partial charge is 0.111 e. The maximum atomic E-state index is 10.1. The molecule has 1 fully saturated rings. The third-order valence-corrected chi connectivity index (χ3v) is 6.18. The summed E-state index contributed by atoms with van der Waals surface area (Å²) in [7, 11) is 0. The normalized spacial score (nSPS) is 18.9. The summed E-state index contributed by atoms with van der Waals surface area (Å²) in [6.45, 7) is 7.18. The summed E-state index contributed by atoms with van der Waals surface area (Å²) < 4.78 is 0. The van der Waals surface area contributed by atoms with Gasteiger partial charge in [0.25, 0.3) is 0 Å². The Kier molecular flexibility index (Phi) is 8.05. The zero-order valence-electron chi connectivity index (χ0n) is 18.7. The van der Waals surface area contributed by atoms with Crippen LogP contribution in [0.25, 0.3) is 0 Å². The molecule has 0 aliphatic carbocycles. The van der Waals surface area contributed by atoms with Crippen molar-refractivity contribution in [1.82, 2.24) is 14.7 Å². The highest BCUT2D eigenvalue weighted by atomic mass is 15.3. The average molecular weight is 425 g/mol. The summed E-state index contributed by atoms with van der Waals surface area (Å²) in [6.07, 6.45) is 0. The molecule has 0 saturated carbocycles. The zero-order valence-corrected chi connectivity index (χ0v) is 18.7. The predicted octanol–water partition coefficient (Wildman–Crippen LogP) is 4.40. The first kappa shape index (κ1) is 22.2. The molecule has 32 heavy (non-hydrogen) atoms. The molecule has 3 aromatic carbocycles. The van der Waals surface area contributed by atoms with Crippen LogP contribution in [-0.2, 0) is 19.6 Å². The van der Waals surface area contributed by atoms with E-state index in [9.17, 15) is 5.26 Å². The van der Waals surface area contributed by atoms with E-state index in [2.05, 4.69) is 106 Å². The van der Waals surface area contributed by atoms with E-state index in [0.29, 0.717) is 0 Å². The molecule has 0 bridgehead atoms. The van der Waals surface area contributed by atoms with Crippen LogP contribution in [0.4, 0.5) is 0 Å². The van der Waals surface area contributed by atoms with Gasteiger partial charge in [-0.1, -0.05) is 91.0 Å². The van der Waals surface area contributed by atoms with Crippen LogP contribution in [0, 0.1) is 11.3 Å². The summed E-state index contributed by atoms with van der Waals surface area (Å²) in [6, 6.07) is 34.3. The number of hydrogen-bond donors (Lipinski definition) is 0. The van der Waals surface area contributed by atoms with Crippen molar-refractivity contribution in [2.24, 2.45) is 0 Å². The first-order valence-electron chi connectivity index (χ1n) is 11.5. The quantitative estimate of drug-likeness (QED) is 0.587. The van der Waals surface area contributed by atoms with Gasteiger partial charge in [-0.15, -0.1) is 0 Å². The number of benzene rings is 3. The van der Waals surface area contributed by atoms with Gasteiger partial charge in [-0.3, -0.25) is 14.7 Å². The molecule has 1 unspecified atom stereocenters. The lowest BCUT2D eigenvalue weighted by atomic mass is 10.1. The minimum Gasteiger partial charge on any atom is -0.297 e. The van der Waals surface area contributed by atoms with Crippen molar-refractivity contribution < 1.29 is 0 Å². The Morgan fingerprint density at radius 2 is 1.03 bits per heavy atom. The fourth-order valence-electron chi connectivity index (χ4n) is 4.39. The lowest BCUT2D eigenvalue weighted by molar-refractivity contribution is 0.170. The van der Waals surface area contributed by atoms with Crippen LogP contribution in [-0.4, -0.2) is 53.5 Å². The first-order valence-corrected chi connectivity index (χ1v) is 11.5. The Morgan fingerprint density at radius 3 is 1.56 bits per heavy atom. The summed E-state index contributed by atoms with van der Waals surface area (Å²) >= 11 is 0. The van der Waals surface area contributed by atoms with Gasteiger partial charge in [0.05, 0.1) is 6.07 Å². The molecule has 0 radical (unpaired) electrons. The molecule has 0 aromatic heterocycles. The van der Waals surface area contributed by atoms with Crippen molar-refractivity contribution >= 4 is 0 Å². The van der Waals surface area contributed by atoms with Crippen LogP contribution >= 0.6 is 0 Å². The van der Waals surface area contributed by atoms with E-state index in [0.717, 1.165) is 52.4 Å². The molecule has 4 rings (SSSR count). The van der Waals surface area contributed by atoms with Gasteiger partial charge in [-0.2, -0.15) is 5.26 Å². The summed E-state index contributed by atoms with van der Waals surface area (Å²) in [5, 5.41) is 10.1. The van der Waals surface area contributed by atoms with Gasteiger partial charge in [0.1, 0.15) is 6.04 Å². The van der Waals surface area contributed by atoms with E-state index in [1.165, 1.54) is 16.7 Å². The molecule has 1 saturated heterocycles. The average Bonchev–Trinajstić information content (AvgIpc) is 2.91. The molecule has 4 heteroatoms. The second-order valence-corrected chi connectivity index (χ2v) is 8.58. The van der Waals surface area contributed by atoms with E-state index in [4.69, 9.17) is 0 Å². The monoisotopic (exact) mass is 424 g/mol. The highest BCUT2D eigenvalue weighted by molar-refractivity contribution is 5.17. The molecule has 3 aromatic rings. The van der Waals surface area contributed by atoms with Crippen LogP contribution in [0.15, 0.2) is 91.0 Å². The van der Waals surface area contributed by atoms with Crippen LogP contribution in [0.1, 0.15) is 16.7 Å². The van der Waals surface area contributed by atoms with Crippen LogP contribution in [0.2, 0.25) is 0 Å². The van der Waals surface area contributed by atoms with Crippen molar-refractivity contribution in [2.45, 2.75) is 25.7 Å². The summed E-state index contributed by atoms with van der Waals surface area (Å²) in [5.74, 6) is 0. The Labute approximate surface area is 192 Å². The number of nitriles is 1. The van der Waals surface area contributed by atoms with Crippen molar-refractivity contribution in [1.29, 1.82) is 5.26 Å². The number of rotatable bonds is 6. The third kappa shape index (κ3) is 6.51. The molecule has 164 valence electrons. The van der Waals surface area contributed by atoms with Crippen molar-refractivity contribution in [3.63, 3.8) is 0 Å². The van der Waals surface area contributed by atoms with Crippen molar-refractivity contribution in [2.75, 3.05) is 32.7 Å². The first-order chi connectivity index (χ1) is 15.8. The lowest BCUT2D eigenvalue weighted by Crippen LogP contribution is -2.43. The Bertz CT molecular complexity index is 969. The van der Waals surface area contributed by atoms with Crippen molar-refractivity contribution in [3.05, 3.63) is 108 Å². The molecule has 1 aliphatic rings. The lowest BCUT2D eigenvalue weighted by Gasteiger charge is -2.30. The van der Waals surface area contributed by atoms with Gasteiger partial charge >= 0.3 is 0 Å². The summed E-state index contributed by atoms with van der Waals surface area (Å²) in [4.78, 5) is 7.34. The van der Waals surface area contributed by atoms with E-state index in [1.807, 2.05) is 6.07 Å². The third-order valence-electron chi connectivity index (χ3n) is 6.18. The molecule has 1 heterocycles. The molecule has 4 nitrogen and oxygen atoms in total. The van der Waals surface area contributed by atoms with Gasteiger partial charge in [-0.05, 0) is 16.7 Å². The highest BCUT2D eigenvalue weighted by Gasteiger charge is 2.25. The second-order valence-electron chi connectivity index (χ2n) is 8.58. The van der Waals surface area contributed by atoms with E-state index in [1.54, 1.807) is 0 Å².